The first-order valence-electron chi connectivity index (χ1n) is 9.98. The minimum Gasteiger partial charge on any atom is -0.479 e. The number of ether oxygens (including phenoxy) is 2. The van der Waals surface area contributed by atoms with Crippen LogP contribution in [0.15, 0.2) is 29.2 Å². The molecule has 2 aromatic carbocycles. The first-order chi connectivity index (χ1) is 17.0. The summed E-state index contributed by atoms with van der Waals surface area (Å²) < 4.78 is 50.2. The lowest BCUT2D eigenvalue weighted by Gasteiger charge is -2.13. The van der Waals surface area contributed by atoms with Gasteiger partial charge in [-0.1, -0.05) is 23.2 Å². The highest BCUT2D eigenvalue weighted by Crippen LogP contribution is 2.37. The van der Waals surface area contributed by atoms with Crippen molar-refractivity contribution in [2.75, 3.05) is 25.1 Å². The van der Waals surface area contributed by atoms with Gasteiger partial charge in [-0.2, -0.15) is 0 Å². The van der Waals surface area contributed by atoms with E-state index in [-0.39, 0.29) is 27.3 Å². The molecule has 0 bridgehead atoms. The highest BCUT2D eigenvalue weighted by molar-refractivity contribution is 8.18. The molecule has 8 nitrogen and oxygen atoms in total. The lowest BCUT2D eigenvalue weighted by atomic mass is 10.2. The van der Waals surface area contributed by atoms with E-state index in [9.17, 15) is 32.3 Å². The third-order valence-corrected chi connectivity index (χ3v) is 5.91. The zero-order valence-electron chi connectivity index (χ0n) is 18.2. The number of rotatable bonds is 8. The Morgan fingerprint density at radius 1 is 1.11 bits per heavy atom. The van der Waals surface area contributed by atoms with Crippen molar-refractivity contribution in [3.63, 3.8) is 0 Å². The molecular weight excluding hydrogens is 548 g/mol. The summed E-state index contributed by atoms with van der Waals surface area (Å²) >= 11 is 12.8. The summed E-state index contributed by atoms with van der Waals surface area (Å²) in [6.07, 6.45) is 1.30. The van der Waals surface area contributed by atoms with E-state index in [1.807, 2.05) is 5.32 Å². The predicted octanol–water partition coefficient (Wildman–Crippen LogP) is 5.03. The van der Waals surface area contributed by atoms with Crippen LogP contribution in [0.1, 0.15) is 12.5 Å². The van der Waals surface area contributed by atoms with Crippen LogP contribution < -0.4 is 10.1 Å². The molecule has 0 unspecified atom stereocenters. The SMILES string of the molecule is CCOC(=O)COc1c(Cl)cc(/C=C2\SC(=O)N(CC(=O)Nc3ccc(F)c(F)c3F)C2=O)cc1Cl. The second-order valence-corrected chi connectivity index (χ2v) is 8.75. The fourth-order valence-electron chi connectivity index (χ4n) is 2.88. The number of anilines is 1. The van der Waals surface area contributed by atoms with Crippen LogP contribution in [0.3, 0.4) is 0 Å². The number of hydrogen-bond acceptors (Lipinski definition) is 7. The van der Waals surface area contributed by atoms with Gasteiger partial charge in [-0.3, -0.25) is 19.3 Å². The van der Waals surface area contributed by atoms with Gasteiger partial charge in [0, 0.05) is 0 Å². The van der Waals surface area contributed by atoms with Gasteiger partial charge in [-0.05, 0) is 54.6 Å². The molecule has 1 heterocycles. The second kappa shape index (κ2) is 11.7. The summed E-state index contributed by atoms with van der Waals surface area (Å²) in [6.45, 7) is 0.568. The minimum absolute atomic E-state index is 0.0118. The normalized spacial score (nSPS) is 14.4. The topological polar surface area (TPSA) is 102 Å². The summed E-state index contributed by atoms with van der Waals surface area (Å²) in [6, 6.07) is 4.16. The first kappa shape index (κ1) is 27.4. The van der Waals surface area contributed by atoms with Crippen LogP contribution in [0.2, 0.25) is 10.0 Å². The van der Waals surface area contributed by atoms with Crippen LogP contribution in [0.5, 0.6) is 5.75 Å². The molecule has 190 valence electrons. The molecular formula is C22H15Cl2F3N2O6S. The molecule has 1 saturated heterocycles. The van der Waals surface area contributed by atoms with Gasteiger partial charge in [-0.25, -0.2) is 18.0 Å². The minimum atomic E-state index is -1.78. The van der Waals surface area contributed by atoms with E-state index < -0.39 is 59.3 Å². The highest BCUT2D eigenvalue weighted by atomic mass is 35.5. The summed E-state index contributed by atoms with van der Waals surface area (Å²) in [7, 11) is 0. The number of nitrogens with zero attached hydrogens (tertiary/aromatic N) is 1. The van der Waals surface area contributed by atoms with Crippen LogP contribution in [-0.2, 0) is 19.1 Å². The number of hydrogen-bond donors (Lipinski definition) is 1. The smallest absolute Gasteiger partial charge is 0.344 e. The third kappa shape index (κ3) is 6.31. The fraction of sp³-hybridized carbons (Fsp3) is 0.182. The Kier molecular flexibility index (Phi) is 8.88. The number of thioether (sulfide) groups is 1. The molecule has 1 aliphatic rings. The van der Waals surface area contributed by atoms with E-state index >= 15 is 0 Å². The maximum Gasteiger partial charge on any atom is 0.344 e. The van der Waals surface area contributed by atoms with Gasteiger partial charge < -0.3 is 14.8 Å². The molecule has 3 amide bonds. The van der Waals surface area contributed by atoms with Crippen molar-refractivity contribution in [3.8, 4) is 5.75 Å². The van der Waals surface area contributed by atoms with E-state index in [2.05, 4.69) is 0 Å². The van der Waals surface area contributed by atoms with E-state index in [1.54, 1.807) is 6.92 Å². The van der Waals surface area contributed by atoms with E-state index in [4.69, 9.17) is 32.7 Å². The molecule has 14 heteroatoms. The Morgan fingerprint density at radius 2 is 1.78 bits per heavy atom. The molecule has 0 spiro atoms. The number of halogens is 5. The van der Waals surface area contributed by atoms with E-state index in [0.29, 0.717) is 28.3 Å². The van der Waals surface area contributed by atoms with Gasteiger partial charge in [0.15, 0.2) is 29.8 Å². The third-order valence-electron chi connectivity index (χ3n) is 4.44. The monoisotopic (exact) mass is 562 g/mol. The Bertz CT molecular complexity index is 1270. The van der Waals surface area contributed by atoms with Crippen molar-refractivity contribution in [2.45, 2.75) is 6.92 Å². The van der Waals surface area contributed by atoms with Crippen LogP contribution in [0.4, 0.5) is 23.7 Å². The Balaban J connectivity index is 1.71. The van der Waals surface area contributed by atoms with Gasteiger partial charge in [0.25, 0.3) is 11.1 Å². The molecule has 1 aliphatic heterocycles. The van der Waals surface area contributed by atoms with Crippen molar-refractivity contribution in [3.05, 3.63) is 62.2 Å². The summed E-state index contributed by atoms with van der Waals surface area (Å²) in [5.41, 5.74) is -0.344. The zero-order chi connectivity index (χ0) is 26.6. The fourth-order valence-corrected chi connectivity index (χ4v) is 4.33. The second-order valence-electron chi connectivity index (χ2n) is 6.95. The number of carbonyl (C=O) groups excluding carboxylic acids is 4. The average Bonchev–Trinajstić information content (AvgIpc) is 3.06. The van der Waals surface area contributed by atoms with Gasteiger partial charge in [0.05, 0.1) is 27.2 Å². The number of esters is 1. The molecule has 36 heavy (non-hydrogen) atoms. The molecule has 0 atom stereocenters. The van der Waals surface area contributed by atoms with Gasteiger partial charge in [0.2, 0.25) is 5.91 Å². The van der Waals surface area contributed by atoms with Crippen molar-refractivity contribution in [2.24, 2.45) is 0 Å². The molecule has 1 N–H and O–H groups in total. The number of imide groups is 1. The van der Waals surface area contributed by atoms with Crippen molar-refractivity contribution >= 4 is 69.8 Å². The highest BCUT2D eigenvalue weighted by Gasteiger charge is 2.36. The molecule has 2 aromatic rings. The summed E-state index contributed by atoms with van der Waals surface area (Å²) in [5.74, 6) is -7.31. The van der Waals surface area contributed by atoms with Crippen molar-refractivity contribution in [1.29, 1.82) is 0 Å². The van der Waals surface area contributed by atoms with Crippen molar-refractivity contribution in [1.82, 2.24) is 4.90 Å². The zero-order valence-corrected chi connectivity index (χ0v) is 20.5. The Hall–Kier alpha value is -3.22. The molecule has 0 saturated carbocycles. The quantitative estimate of drug-likeness (QED) is 0.273. The Labute approximate surface area is 216 Å². The Morgan fingerprint density at radius 3 is 2.42 bits per heavy atom. The summed E-state index contributed by atoms with van der Waals surface area (Å²) in [4.78, 5) is 49.1. The number of amides is 3. The molecule has 0 aromatic heterocycles. The lowest BCUT2D eigenvalue weighted by molar-refractivity contribution is -0.145. The molecule has 0 aliphatic carbocycles. The van der Waals surface area contributed by atoms with Crippen molar-refractivity contribution < 1.29 is 41.8 Å². The molecule has 0 radical (unpaired) electrons. The molecule has 3 rings (SSSR count). The van der Waals surface area contributed by atoms with Gasteiger partial charge in [-0.15, -0.1) is 0 Å². The molecule has 1 fully saturated rings. The standard InChI is InChI=1S/C22H15Cl2F3N2O6S/c1-2-34-17(31)9-35-20-11(23)5-10(6-12(20)24)7-15-21(32)29(22(33)36-15)8-16(30)28-14-4-3-13(25)18(26)19(14)27/h3-7H,2,8-9H2,1H3,(H,28,30)/b15-7-. The number of nitrogens with one attached hydrogen (secondary N) is 1. The lowest BCUT2D eigenvalue weighted by Crippen LogP contribution is -2.36. The van der Waals surface area contributed by atoms with Crippen LogP contribution in [0, 0.1) is 17.5 Å². The van der Waals surface area contributed by atoms with Crippen LogP contribution in [0.25, 0.3) is 6.08 Å². The summed E-state index contributed by atoms with van der Waals surface area (Å²) in [5, 5.41) is 1.23. The van der Waals surface area contributed by atoms with E-state index in [1.165, 1.54) is 18.2 Å². The first-order valence-corrected chi connectivity index (χ1v) is 11.5. The number of carbonyl (C=O) groups is 4. The maximum atomic E-state index is 13.8. The van der Waals surface area contributed by atoms with Gasteiger partial charge >= 0.3 is 5.97 Å². The maximum absolute atomic E-state index is 13.8. The van der Waals surface area contributed by atoms with E-state index in [0.717, 1.165) is 6.07 Å². The predicted molar refractivity (Wildman–Crippen MR) is 126 cm³/mol. The average molecular weight is 563 g/mol. The van der Waals surface area contributed by atoms with Crippen LogP contribution >= 0.6 is 35.0 Å². The number of benzene rings is 2. The van der Waals surface area contributed by atoms with Gasteiger partial charge in [0.1, 0.15) is 6.54 Å². The van der Waals surface area contributed by atoms with Crippen LogP contribution in [-0.4, -0.2) is 47.7 Å². The largest absolute Gasteiger partial charge is 0.479 e.